The molecule has 1 fully saturated rings. The molecule has 0 spiro atoms. The number of rotatable bonds is 9. The lowest BCUT2D eigenvalue weighted by molar-refractivity contribution is -0.123. The Bertz CT molecular complexity index is 868. The molecule has 1 aromatic heterocycles. The maximum absolute atomic E-state index is 12.7. The number of hydrogen-bond donors (Lipinski definition) is 1. The van der Waals surface area contributed by atoms with Crippen LogP contribution in [0.1, 0.15) is 38.2 Å². The second kappa shape index (κ2) is 8.57. The lowest BCUT2D eigenvalue weighted by Gasteiger charge is -2.16. The molecule has 1 saturated carbocycles. The molecule has 0 saturated heterocycles. The van der Waals surface area contributed by atoms with E-state index in [1.807, 2.05) is 22.8 Å². The van der Waals surface area contributed by atoms with Crippen LogP contribution < -0.4 is 15.6 Å². The molecule has 0 atom stereocenters. The molecular weight excluding hydrogens is 344 g/mol. The van der Waals surface area contributed by atoms with Gasteiger partial charge < -0.3 is 19.4 Å². The summed E-state index contributed by atoms with van der Waals surface area (Å²) in [7, 11) is 1.59. The van der Waals surface area contributed by atoms with E-state index in [9.17, 15) is 9.59 Å². The average molecular weight is 372 g/mol. The standard InChI is InChI=1S/C21H28N2O4/c1-14(2)18-11-21(25)23(12-15-4-5-15)19-10-16(6-7-17(18)19)27-13-20(24)22-8-9-26-3/h6-7,10-11,14-15H,4-5,8-9,12-13H2,1-3H3,(H,22,24). The first-order chi connectivity index (χ1) is 13.0. The maximum Gasteiger partial charge on any atom is 0.258 e. The highest BCUT2D eigenvalue weighted by molar-refractivity contribution is 5.84. The molecule has 1 aromatic carbocycles. The molecule has 0 unspecified atom stereocenters. The van der Waals surface area contributed by atoms with E-state index in [1.165, 1.54) is 12.8 Å². The van der Waals surface area contributed by atoms with E-state index in [1.54, 1.807) is 13.2 Å². The first-order valence-corrected chi connectivity index (χ1v) is 9.55. The Hall–Kier alpha value is -2.34. The van der Waals surface area contributed by atoms with Gasteiger partial charge in [-0.25, -0.2) is 0 Å². The normalized spacial score (nSPS) is 13.9. The lowest BCUT2D eigenvalue weighted by atomic mass is 9.98. The van der Waals surface area contributed by atoms with Crippen LogP contribution in [0.25, 0.3) is 10.9 Å². The number of methoxy groups -OCH3 is 1. The predicted molar refractivity (Wildman–Crippen MR) is 105 cm³/mol. The topological polar surface area (TPSA) is 69.6 Å². The van der Waals surface area contributed by atoms with Gasteiger partial charge in [-0.15, -0.1) is 0 Å². The number of benzene rings is 1. The van der Waals surface area contributed by atoms with Gasteiger partial charge in [0.05, 0.1) is 12.1 Å². The summed E-state index contributed by atoms with van der Waals surface area (Å²) in [6.07, 6.45) is 2.36. The van der Waals surface area contributed by atoms with E-state index in [-0.39, 0.29) is 24.0 Å². The highest BCUT2D eigenvalue weighted by Crippen LogP contribution is 2.33. The second-order valence-corrected chi connectivity index (χ2v) is 7.46. The van der Waals surface area contributed by atoms with Crippen molar-refractivity contribution in [2.45, 2.75) is 39.2 Å². The van der Waals surface area contributed by atoms with Crippen LogP contribution in [0, 0.1) is 5.92 Å². The molecule has 0 aliphatic heterocycles. The number of fused-ring (bicyclic) bond motifs is 1. The number of nitrogens with zero attached hydrogens (tertiary/aromatic N) is 1. The van der Waals surface area contributed by atoms with Crippen molar-refractivity contribution in [2.24, 2.45) is 5.92 Å². The molecule has 0 bridgehead atoms. The molecule has 1 aliphatic carbocycles. The molecule has 1 N–H and O–H groups in total. The third kappa shape index (κ3) is 4.89. The van der Waals surface area contributed by atoms with Crippen LogP contribution in [-0.4, -0.2) is 37.3 Å². The van der Waals surface area contributed by atoms with Crippen LogP contribution in [-0.2, 0) is 16.1 Å². The van der Waals surface area contributed by atoms with Crippen molar-refractivity contribution in [1.29, 1.82) is 0 Å². The second-order valence-electron chi connectivity index (χ2n) is 7.46. The molecule has 2 aromatic rings. The fraction of sp³-hybridized carbons (Fsp3) is 0.524. The van der Waals surface area contributed by atoms with Crippen LogP contribution in [0.5, 0.6) is 5.75 Å². The van der Waals surface area contributed by atoms with Crippen molar-refractivity contribution in [3.05, 3.63) is 40.2 Å². The quantitative estimate of drug-likeness (QED) is 0.687. The summed E-state index contributed by atoms with van der Waals surface area (Å²) < 4.78 is 12.4. The van der Waals surface area contributed by atoms with E-state index in [0.29, 0.717) is 24.8 Å². The van der Waals surface area contributed by atoms with Crippen LogP contribution in [0.15, 0.2) is 29.1 Å². The Morgan fingerprint density at radius 3 is 2.74 bits per heavy atom. The number of hydrogen-bond acceptors (Lipinski definition) is 4. The third-order valence-electron chi connectivity index (χ3n) is 4.87. The first kappa shape index (κ1) is 19.4. The molecule has 1 aliphatic rings. The zero-order valence-corrected chi connectivity index (χ0v) is 16.3. The molecule has 146 valence electrons. The number of pyridine rings is 1. The number of carbonyl (C=O) groups excluding carboxylic acids is 1. The molecule has 0 radical (unpaired) electrons. The highest BCUT2D eigenvalue weighted by atomic mass is 16.5. The summed E-state index contributed by atoms with van der Waals surface area (Å²) in [6.45, 7) is 5.78. The van der Waals surface area contributed by atoms with Crippen LogP contribution in [0.4, 0.5) is 0 Å². The highest BCUT2D eigenvalue weighted by Gasteiger charge is 2.23. The molecule has 1 amide bonds. The first-order valence-electron chi connectivity index (χ1n) is 9.55. The van der Waals surface area contributed by atoms with E-state index in [4.69, 9.17) is 9.47 Å². The van der Waals surface area contributed by atoms with Gasteiger partial charge in [-0.1, -0.05) is 13.8 Å². The van der Waals surface area contributed by atoms with Crippen LogP contribution in [0.3, 0.4) is 0 Å². The Morgan fingerprint density at radius 2 is 2.07 bits per heavy atom. The average Bonchev–Trinajstić information content (AvgIpc) is 3.46. The summed E-state index contributed by atoms with van der Waals surface area (Å²) in [6, 6.07) is 7.50. The monoisotopic (exact) mass is 372 g/mol. The van der Waals surface area contributed by atoms with Crippen molar-refractivity contribution in [2.75, 3.05) is 26.9 Å². The van der Waals surface area contributed by atoms with E-state index in [0.717, 1.165) is 23.0 Å². The van der Waals surface area contributed by atoms with Gasteiger partial charge in [0.25, 0.3) is 11.5 Å². The number of ether oxygens (including phenoxy) is 2. The van der Waals surface area contributed by atoms with Crippen molar-refractivity contribution in [3.63, 3.8) is 0 Å². The fourth-order valence-corrected chi connectivity index (χ4v) is 3.19. The number of amides is 1. The third-order valence-corrected chi connectivity index (χ3v) is 4.87. The van der Waals surface area contributed by atoms with Gasteiger partial charge in [0.1, 0.15) is 5.75 Å². The number of nitrogens with one attached hydrogen (secondary N) is 1. The minimum Gasteiger partial charge on any atom is -0.484 e. The Labute approximate surface area is 159 Å². The van der Waals surface area contributed by atoms with Gasteiger partial charge in [0.15, 0.2) is 6.61 Å². The van der Waals surface area contributed by atoms with E-state index >= 15 is 0 Å². The largest absolute Gasteiger partial charge is 0.484 e. The molecule has 6 nitrogen and oxygen atoms in total. The predicted octanol–water partition coefficient (Wildman–Crippen LogP) is 2.68. The van der Waals surface area contributed by atoms with Gasteiger partial charge in [-0.3, -0.25) is 9.59 Å². The SMILES string of the molecule is COCCNC(=O)COc1ccc2c(C(C)C)cc(=O)n(CC3CC3)c2c1. The smallest absolute Gasteiger partial charge is 0.258 e. The number of carbonyl (C=O) groups is 1. The summed E-state index contributed by atoms with van der Waals surface area (Å²) >= 11 is 0. The summed E-state index contributed by atoms with van der Waals surface area (Å²) in [5.74, 6) is 1.24. The van der Waals surface area contributed by atoms with Crippen molar-refractivity contribution >= 4 is 16.8 Å². The minimum atomic E-state index is -0.196. The molecular formula is C21H28N2O4. The van der Waals surface area contributed by atoms with Gasteiger partial charge in [-0.05, 0) is 42.4 Å². The van der Waals surface area contributed by atoms with E-state index < -0.39 is 0 Å². The Morgan fingerprint density at radius 1 is 1.30 bits per heavy atom. The summed E-state index contributed by atoms with van der Waals surface area (Å²) in [5.41, 5.74) is 1.97. The Balaban J connectivity index is 1.85. The molecule has 6 heteroatoms. The zero-order chi connectivity index (χ0) is 19.4. The summed E-state index contributed by atoms with van der Waals surface area (Å²) in [5, 5.41) is 3.80. The fourth-order valence-electron chi connectivity index (χ4n) is 3.19. The van der Waals surface area contributed by atoms with Gasteiger partial charge >= 0.3 is 0 Å². The number of aromatic nitrogens is 1. The van der Waals surface area contributed by atoms with Crippen molar-refractivity contribution in [3.8, 4) is 5.75 Å². The van der Waals surface area contributed by atoms with Gasteiger partial charge in [0, 0.05) is 37.7 Å². The zero-order valence-electron chi connectivity index (χ0n) is 16.3. The Kier molecular flexibility index (Phi) is 6.16. The lowest BCUT2D eigenvalue weighted by Crippen LogP contribution is -2.31. The maximum atomic E-state index is 12.7. The van der Waals surface area contributed by atoms with Crippen LogP contribution >= 0.6 is 0 Å². The van der Waals surface area contributed by atoms with Gasteiger partial charge in [0.2, 0.25) is 0 Å². The van der Waals surface area contributed by atoms with Gasteiger partial charge in [-0.2, -0.15) is 0 Å². The molecule has 27 heavy (non-hydrogen) atoms. The van der Waals surface area contributed by atoms with Crippen LogP contribution in [0.2, 0.25) is 0 Å². The van der Waals surface area contributed by atoms with Crippen molar-refractivity contribution < 1.29 is 14.3 Å². The van der Waals surface area contributed by atoms with E-state index in [2.05, 4.69) is 19.2 Å². The molecule has 1 heterocycles. The minimum absolute atomic E-state index is 0.0348. The molecule has 3 rings (SSSR count). The summed E-state index contributed by atoms with van der Waals surface area (Å²) in [4.78, 5) is 24.5. The van der Waals surface area contributed by atoms with Crippen molar-refractivity contribution in [1.82, 2.24) is 9.88 Å².